The van der Waals surface area contributed by atoms with Crippen LogP contribution in [0.5, 0.6) is 0 Å². The fourth-order valence-corrected chi connectivity index (χ4v) is 1.98. The third-order valence-electron chi connectivity index (χ3n) is 3.14. The predicted molar refractivity (Wildman–Crippen MR) is 76.0 cm³/mol. The number of carbonyl (C=O) groups is 1. The van der Waals surface area contributed by atoms with E-state index in [0.717, 1.165) is 16.8 Å². The van der Waals surface area contributed by atoms with Crippen LogP contribution >= 0.6 is 0 Å². The molecule has 1 aromatic carbocycles. The third kappa shape index (κ3) is 2.84. The number of nitrogens with one attached hydrogen (secondary N) is 1. The van der Waals surface area contributed by atoms with Gasteiger partial charge in [0, 0.05) is 12.1 Å². The lowest BCUT2D eigenvalue weighted by Gasteiger charge is -2.06. The van der Waals surface area contributed by atoms with Crippen molar-refractivity contribution in [3.05, 3.63) is 66.1 Å². The molecule has 0 atom stereocenters. The van der Waals surface area contributed by atoms with E-state index in [0.29, 0.717) is 12.3 Å². The highest BCUT2D eigenvalue weighted by Gasteiger charge is 2.11. The Morgan fingerprint density at radius 2 is 2.10 bits per heavy atom. The second-order valence-electron chi connectivity index (χ2n) is 4.62. The van der Waals surface area contributed by atoms with Crippen LogP contribution in [0.25, 0.3) is 5.69 Å². The summed E-state index contributed by atoms with van der Waals surface area (Å²) in [7, 11) is 0. The van der Waals surface area contributed by atoms with Gasteiger partial charge in [0.15, 0.2) is 5.76 Å². The number of benzene rings is 1. The van der Waals surface area contributed by atoms with Crippen LogP contribution in [0.15, 0.2) is 53.7 Å². The van der Waals surface area contributed by atoms with Crippen LogP contribution in [-0.4, -0.2) is 20.7 Å². The average Bonchev–Trinajstić information content (AvgIpc) is 3.16. The summed E-state index contributed by atoms with van der Waals surface area (Å²) in [6, 6.07) is 9.49. The average molecular weight is 282 g/mol. The zero-order valence-corrected chi connectivity index (χ0v) is 11.5. The summed E-state index contributed by atoms with van der Waals surface area (Å²) >= 11 is 0. The Hall–Kier alpha value is -2.89. The van der Waals surface area contributed by atoms with Gasteiger partial charge in [0.25, 0.3) is 5.91 Å². The molecule has 0 spiro atoms. The topological polar surface area (TPSA) is 73.0 Å². The minimum Gasteiger partial charge on any atom is -0.459 e. The molecular formula is C15H14N4O2. The lowest BCUT2D eigenvalue weighted by molar-refractivity contribution is 0.0922. The molecule has 3 aromatic rings. The molecule has 0 aliphatic rings. The van der Waals surface area contributed by atoms with Crippen molar-refractivity contribution >= 4 is 5.91 Å². The van der Waals surface area contributed by atoms with Crippen molar-refractivity contribution in [2.24, 2.45) is 0 Å². The molecule has 1 N–H and O–H groups in total. The molecule has 2 aromatic heterocycles. The highest BCUT2D eigenvalue weighted by molar-refractivity contribution is 5.92. The molecule has 6 heteroatoms. The summed E-state index contributed by atoms with van der Waals surface area (Å²) in [5.74, 6) is 0.145. The molecule has 0 fully saturated rings. The molecule has 106 valence electrons. The van der Waals surface area contributed by atoms with Gasteiger partial charge in [0.05, 0.1) is 12.0 Å². The van der Waals surface area contributed by atoms with E-state index in [1.165, 1.54) is 12.6 Å². The fourth-order valence-electron chi connectivity index (χ4n) is 1.98. The monoisotopic (exact) mass is 282 g/mol. The van der Waals surface area contributed by atoms with Crippen LogP contribution < -0.4 is 5.32 Å². The van der Waals surface area contributed by atoms with Crippen molar-refractivity contribution in [1.82, 2.24) is 20.1 Å². The van der Waals surface area contributed by atoms with Crippen molar-refractivity contribution in [2.45, 2.75) is 13.5 Å². The van der Waals surface area contributed by atoms with E-state index in [2.05, 4.69) is 15.4 Å². The van der Waals surface area contributed by atoms with Crippen LogP contribution in [0.2, 0.25) is 0 Å². The number of aromatic nitrogens is 3. The van der Waals surface area contributed by atoms with Gasteiger partial charge in [-0.3, -0.25) is 4.79 Å². The Morgan fingerprint density at radius 1 is 1.29 bits per heavy atom. The summed E-state index contributed by atoms with van der Waals surface area (Å²) in [6.07, 6.45) is 4.63. The first-order chi connectivity index (χ1) is 10.2. The lowest BCUT2D eigenvalue weighted by atomic mass is 10.2. The Bertz CT molecular complexity index is 729. The molecule has 0 aliphatic heterocycles. The van der Waals surface area contributed by atoms with Gasteiger partial charge in [-0.1, -0.05) is 12.1 Å². The van der Waals surface area contributed by atoms with Gasteiger partial charge in [0.2, 0.25) is 0 Å². The van der Waals surface area contributed by atoms with E-state index in [-0.39, 0.29) is 5.91 Å². The fraction of sp³-hybridized carbons (Fsp3) is 0.133. The van der Waals surface area contributed by atoms with E-state index >= 15 is 0 Å². The van der Waals surface area contributed by atoms with E-state index in [9.17, 15) is 4.79 Å². The zero-order chi connectivity index (χ0) is 14.7. The molecule has 0 aliphatic carbocycles. The van der Waals surface area contributed by atoms with Crippen LogP contribution in [0.4, 0.5) is 0 Å². The van der Waals surface area contributed by atoms with Crippen LogP contribution in [0.3, 0.4) is 0 Å². The van der Waals surface area contributed by atoms with Gasteiger partial charge in [-0.2, -0.15) is 5.10 Å². The molecule has 1 amide bonds. The number of nitrogens with zero attached hydrogens (tertiary/aromatic N) is 3. The van der Waals surface area contributed by atoms with E-state index in [1.807, 2.05) is 31.2 Å². The summed E-state index contributed by atoms with van der Waals surface area (Å²) in [5, 5.41) is 6.89. The Morgan fingerprint density at radius 3 is 2.71 bits per heavy atom. The molecule has 0 radical (unpaired) electrons. The SMILES string of the molecule is Cc1ccoc1C(=O)NCc1ccc(-n2cncn2)cc1. The van der Waals surface area contributed by atoms with E-state index < -0.39 is 0 Å². The summed E-state index contributed by atoms with van der Waals surface area (Å²) < 4.78 is 6.83. The molecule has 0 saturated heterocycles. The van der Waals surface area contributed by atoms with Gasteiger partial charge in [-0.25, -0.2) is 9.67 Å². The summed E-state index contributed by atoms with van der Waals surface area (Å²) in [4.78, 5) is 15.8. The van der Waals surface area contributed by atoms with Crippen molar-refractivity contribution < 1.29 is 9.21 Å². The maximum Gasteiger partial charge on any atom is 0.287 e. The largest absolute Gasteiger partial charge is 0.459 e. The number of carbonyl (C=O) groups excluding carboxylic acids is 1. The molecule has 6 nitrogen and oxygen atoms in total. The minimum absolute atomic E-state index is 0.210. The maximum atomic E-state index is 11.9. The smallest absolute Gasteiger partial charge is 0.287 e. The number of aryl methyl sites for hydroxylation is 1. The van der Waals surface area contributed by atoms with Gasteiger partial charge < -0.3 is 9.73 Å². The van der Waals surface area contributed by atoms with Crippen LogP contribution in [0, 0.1) is 6.92 Å². The van der Waals surface area contributed by atoms with E-state index in [1.54, 1.807) is 17.1 Å². The van der Waals surface area contributed by atoms with Crippen molar-refractivity contribution in [2.75, 3.05) is 0 Å². The molecule has 0 bridgehead atoms. The van der Waals surface area contributed by atoms with Crippen molar-refractivity contribution in [1.29, 1.82) is 0 Å². The normalized spacial score (nSPS) is 10.5. The molecule has 3 rings (SSSR count). The Labute approximate surface area is 121 Å². The second-order valence-corrected chi connectivity index (χ2v) is 4.62. The number of hydrogen-bond acceptors (Lipinski definition) is 4. The van der Waals surface area contributed by atoms with Gasteiger partial charge in [0.1, 0.15) is 12.7 Å². The summed E-state index contributed by atoms with van der Waals surface area (Å²) in [6.45, 7) is 2.28. The third-order valence-corrected chi connectivity index (χ3v) is 3.14. The zero-order valence-electron chi connectivity index (χ0n) is 11.5. The molecule has 21 heavy (non-hydrogen) atoms. The first kappa shape index (κ1) is 13.1. The number of amides is 1. The van der Waals surface area contributed by atoms with Gasteiger partial charge in [-0.05, 0) is 30.7 Å². The lowest BCUT2D eigenvalue weighted by Crippen LogP contribution is -2.22. The highest BCUT2D eigenvalue weighted by Crippen LogP contribution is 2.10. The maximum absolute atomic E-state index is 11.9. The predicted octanol–water partition coefficient (Wildman–Crippen LogP) is 2.10. The van der Waals surface area contributed by atoms with Crippen LogP contribution in [0.1, 0.15) is 21.7 Å². The van der Waals surface area contributed by atoms with Gasteiger partial charge in [-0.15, -0.1) is 0 Å². The highest BCUT2D eigenvalue weighted by atomic mass is 16.3. The van der Waals surface area contributed by atoms with Crippen molar-refractivity contribution in [3.63, 3.8) is 0 Å². The van der Waals surface area contributed by atoms with Crippen LogP contribution in [-0.2, 0) is 6.54 Å². The second kappa shape index (κ2) is 5.62. The Balaban J connectivity index is 1.64. The first-order valence-corrected chi connectivity index (χ1v) is 6.50. The molecule has 0 unspecified atom stereocenters. The number of hydrogen-bond donors (Lipinski definition) is 1. The first-order valence-electron chi connectivity index (χ1n) is 6.50. The molecule has 2 heterocycles. The standard InChI is InChI=1S/C15H14N4O2/c1-11-6-7-21-14(11)15(20)17-8-12-2-4-13(5-3-12)19-10-16-9-18-19/h2-7,9-10H,8H2,1H3,(H,17,20). The number of furan rings is 1. The van der Waals surface area contributed by atoms with Gasteiger partial charge >= 0.3 is 0 Å². The molecule has 0 saturated carbocycles. The van der Waals surface area contributed by atoms with E-state index in [4.69, 9.17) is 4.42 Å². The molecular weight excluding hydrogens is 268 g/mol. The minimum atomic E-state index is -0.210. The number of rotatable bonds is 4. The Kier molecular flexibility index (Phi) is 3.51. The van der Waals surface area contributed by atoms with Crippen molar-refractivity contribution in [3.8, 4) is 5.69 Å². The summed E-state index contributed by atoms with van der Waals surface area (Å²) in [5.41, 5.74) is 2.75. The quantitative estimate of drug-likeness (QED) is 0.795.